The smallest absolute Gasteiger partial charge is 0.264 e. The number of carbonyl (C=O) groups excluding carboxylic acids is 1. The van der Waals surface area contributed by atoms with Gasteiger partial charge in [-0.05, 0) is 68.1 Å². The zero-order valence-electron chi connectivity index (χ0n) is 21.3. The van der Waals surface area contributed by atoms with Crippen LogP contribution in [0.15, 0.2) is 77.7 Å². The Bertz CT molecular complexity index is 1330. The van der Waals surface area contributed by atoms with Crippen molar-refractivity contribution in [3.63, 3.8) is 0 Å². The highest BCUT2D eigenvalue weighted by atomic mass is 32.2. The molecule has 1 aliphatic rings. The lowest BCUT2D eigenvalue weighted by Gasteiger charge is -2.41. The first-order chi connectivity index (χ1) is 17.2. The molecule has 0 fully saturated rings. The Morgan fingerprint density at radius 2 is 1.64 bits per heavy atom. The van der Waals surface area contributed by atoms with Gasteiger partial charge < -0.3 is 10.1 Å². The van der Waals surface area contributed by atoms with Crippen LogP contribution in [0, 0.1) is 13.8 Å². The molecule has 0 aromatic heterocycles. The third-order valence-corrected chi connectivity index (χ3v) is 9.01. The van der Waals surface area contributed by atoms with Crippen molar-refractivity contribution in [2.24, 2.45) is 0 Å². The summed E-state index contributed by atoms with van der Waals surface area (Å²) in [7, 11) is -3.96. The fourth-order valence-corrected chi connectivity index (χ4v) is 6.15. The molecule has 0 radical (unpaired) electrons. The molecule has 36 heavy (non-hydrogen) atoms. The topological polar surface area (TPSA) is 75.7 Å². The van der Waals surface area contributed by atoms with Gasteiger partial charge in [0.1, 0.15) is 17.9 Å². The minimum Gasteiger partial charge on any atom is -0.487 e. The van der Waals surface area contributed by atoms with E-state index < -0.39 is 10.0 Å². The van der Waals surface area contributed by atoms with Crippen LogP contribution in [-0.2, 0) is 14.8 Å². The van der Waals surface area contributed by atoms with Crippen LogP contribution in [0.3, 0.4) is 0 Å². The lowest BCUT2D eigenvalue weighted by atomic mass is 9.83. The molecule has 0 bridgehead atoms. The Balaban J connectivity index is 1.66. The molecule has 1 amide bonds. The van der Waals surface area contributed by atoms with Crippen molar-refractivity contribution >= 4 is 21.6 Å². The average Bonchev–Trinajstić information content (AvgIpc) is 2.89. The molecule has 1 aliphatic heterocycles. The first-order valence-electron chi connectivity index (χ1n) is 12.4. The summed E-state index contributed by atoms with van der Waals surface area (Å²) in [4.78, 5) is 13.6. The van der Waals surface area contributed by atoms with Gasteiger partial charge in [0, 0.05) is 12.0 Å². The molecule has 7 heteroatoms. The minimum absolute atomic E-state index is 0.142. The highest BCUT2D eigenvalue weighted by Gasteiger charge is 2.39. The van der Waals surface area contributed by atoms with Crippen LogP contribution in [0.5, 0.6) is 5.75 Å². The van der Waals surface area contributed by atoms with Gasteiger partial charge in [0.2, 0.25) is 5.91 Å². The van der Waals surface area contributed by atoms with E-state index in [-0.39, 0.29) is 29.0 Å². The summed E-state index contributed by atoms with van der Waals surface area (Å²) >= 11 is 0. The number of aryl methyl sites for hydroxylation is 2. The molecule has 0 unspecified atom stereocenters. The second-order valence-corrected chi connectivity index (χ2v) is 11.3. The summed E-state index contributed by atoms with van der Waals surface area (Å²) < 4.78 is 34.9. The Kier molecular flexibility index (Phi) is 7.41. The number of nitrogens with one attached hydrogen (secondary N) is 1. The standard InChI is InChI=1S/C29H34N2O4S/c1-5-29(6-2)19-26(25-14-10-11-15-27(25)35-29)30-28(32)20-31(23-17-16-21(3)22(4)18-23)36(33,34)24-12-8-7-9-13-24/h7-18,26H,5-6,19-20H2,1-4H3,(H,30,32)/t26-/m1/s1. The van der Waals surface area contributed by atoms with Crippen LogP contribution < -0.4 is 14.4 Å². The number of ether oxygens (including phenoxy) is 1. The zero-order chi connectivity index (χ0) is 25.9. The fourth-order valence-electron chi connectivity index (χ4n) is 4.72. The van der Waals surface area contributed by atoms with E-state index in [0.29, 0.717) is 12.1 Å². The molecule has 4 rings (SSSR count). The van der Waals surface area contributed by atoms with Gasteiger partial charge in [0.05, 0.1) is 16.6 Å². The van der Waals surface area contributed by atoms with Gasteiger partial charge in [-0.15, -0.1) is 0 Å². The summed E-state index contributed by atoms with van der Waals surface area (Å²) in [6.45, 7) is 7.75. The molecular weight excluding hydrogens is 472 g/mol. The molecule has 0 spiro atoms. The molecule has 190 valence electrons. The van der Waals surface area contributed by atoms with Crippen LogP contribution in [0.25, 0.3) is 0 Å². The van der Waals surface area contributed by atoms with Crippen LogP contribution >= 0.6 is 0 Å². The Morgan fingerprint density at radius 1 is 0.972 bits per heavy atom. The maximum Gasteiger partial charge on any atom is 0.264 e. The van der Waals surface area contributed by atoms with Crippen molar-refractivity contribution in [3.05, 3.63) is 89.5 Å². The van der Waals surface area contributed by atoms with Gasteiger partial charge in [-0.25, -0.2) is 8.42 Å². The Hall–Kier alpha value is -3.32. The molecule has 1 N–H and O–H groups in total. The van der Waals surface area contributed by atoms with E-state index in [0.717, 1.165) is 35.3 Å². The molecule has 6 nitrogen and oxygen atoms in total. The van der Waals surface area contributed by atoms with Crippen molar-refractivity contribution in [2.45, 2.75) is 63.5 Å². The summed E-state index contributed by atoms with van der Waals surface area (Å²) in [5.74, 6) is 0.399. The predicted molar refractivity (Wildman–Crippen MR) is 143 cm³/mol. The lowest BCUT2D eigenvalue weighted by molar-refractivity contribution is -0.121. The van der Waals surface area contributed by atoms with Gasteiger partial charge in [-0.1, -0.05) is 56.3 Å². The van der Waals surface area contributed by atoms with Gasteiger partial charge in [0.15, 0.2) is 0 Å². The Morgan fingerprint density at radius 3 is 2.31 bits per heavy atom. The number of carbonyl (C=O) groups is 1. The number of rotatable bonds is 8. The molecule has 0 saturated carbocycles. The molecule has 0 aliphatic carbocycles. The second kappa shape index (κ2) is 10.3. The number of hydrogen-bond acceptors (Lipinski definition) is 4. The lowest BCUT2D eigenvalue weighted by Crippen LogP contribution is -2.47. The van der Waals surface area contributed by atoms with Crippen molar-refractivity contribution in [1.82, 2.24) is 5.32 Å². The maximum atomic E-state index is 13.7. The van der Waals surface area contributed by atoms with Gasteiger partial charge in [-0.2, -0.15) is 0 Å². The maximum absolute atomic E-state index is 13.7. The van der Waals surface area contributed by atoms with Crippen LogP contribution in [0.1, 0.15) is 55.8 Å². The molecule has 3 aromatic rings. The van der Waals surface area contributed by atoms with Crippen molar-refractivity contribution in [3.8, 4) is 5.75 Å². The predicted octanol–water partition coefficient (Wildman–Crippen LogP) is 5.70. The SMILES string of the molecule is CCC1(CC)C[C@@H](NC(=O)CN(c2ccc(C)c(C)c2)S(=O)(=O)c2ccccc2)c2ccccc2O1. The van der Waals surface area contributed by atoms with Gasteiger partial charge >= 0.3 is 0 Å². The van der Waals surface area contributed by atoms with Gasteiger partial charge in [0.25, 0.3) is 10.0 Å². The van der Waals surface area contributed by atoms with Crippen LogP contribution in [0.4, 0.5) is 5.69 Å². The molecule has 1 atom stereocenters. The first-order valence-corrected chi connectivity index (χ1v) is 13.9. The number of hydrogen-bond donors (Lipinski definition) is 1. The highest BCUT2D eigenvalue weighted by Crippen LogP contribution is 2.42. The van der Waals surface area contributed by atoms with E-state index in [4.69, 9.17) is 4.74 Å². The van der Waals surface area contributed by atoms with Crippen molar-refractivity contribution < 1.29 is 17.9 Å². The van der Waals surface area contributed by atoms with E-state index in [9.17, 15) is 13.2 Å². The van der Waals surface area contributed by atoms with Crippen LogP contribution in [0.2, 0.25) is 0 Å². The molecular formula is C29H34N2O4S. The van der Waals surface area contributed by atoms with E-state index in [1.807, 2.05) is 50.2 Å². The number of para-hydroxylation sites is 1. The minimum atomic E-state index is -3.96. The summed E-state index contributed by atoms with van der Waals surface area (Å²) in [5.41, 5.74) is 2.99. The van der Waals surface area contributed by atoms with E-state index in [2.05, 4.69) is 19.2 Å². The Labute approximate surface area is 214 Å². The van der Waals surface area contributed by atoms with Crippen molar-refractivity contribution in [1.29, 1.82) is 0 Å². The monoisotopic (exact) mass is 506 g/mol. The van der Waals surface area contributed by atoms with E-state index >= 15 is 0 Å². The highest BCUT2D eigenvalue weighted by molar-refractivity contribution is 7.92. The molecule has 1 heterocycles. The largest absolute Gasteiger partial charge is 0.487 e. The number of benzene rings is 3. The fraction of sp³-hybridized carbons (Fsp3) is 0.345. The number of amides is 1. The number of anilines is 1. The quantitative estimate of drug-likeness (QED) is 0.425. The van der Waals surface area contributed by atoms with Gasteiger partial charge in [-0.3, -0.25) is 9.10 Å². The first kappa shape index (κ1) is 25.8. The number of nitrogens with zero attached hydrogens (tertiary/aromatic N) is 1. The normalized spacial score (nSPS) is 16.5. The summed E-state index contributed by atoms with van der Waals surface area (Å²) in [6.07, 6.45) is 2.24. The average molecular weight is 507 g/mol. The van der Waals surface area contributed by atoms with E-state index in [1.54, 1.807) is 36.4 Å². The number of fused-ring (bicyclic) bond motifs is 1. The van der Waals surface area contributed by atoms with Crippen molar-refractivity contribution in [2.75, 3.05) is 10.8 Å². The summed E-state index contributed by atoms with van der Waals surface area (Å²) in [5, 5.41) is 3.12. The summed E-state index contributed by atoms with van der Waals surface area (Å²) in [6, 6.07) is 21.1. The zero-order valence-corrected chi connectivity index (χ0v) is 22.1. The third kappa shape index (κ3) is 5.12. The van der Waals surface area contributed by atoms with E-state index in [1.165, 1.54) is 4.31 Å². The molecule has 3 aromatic carbocycles. The van der Waals surface area contributed by atoms with Crippen LogP contribution in [-0.4, -0.2) is 26.5 Å². The number of sulfonamides is 1. The third-order valence-electron chi connectivity index (χ3n) is 7.22. The second-order valence-electron chi connectivity index (χ2n) is 9.45. The molecule has 0 saturated heterocycles.